The Balaban J connectivity index is 1.55. The summed E-state index contributed by atoms with van der Waals surface area (Å²) in [6, 6.07) is 5.68. The highest BCUT2D eigenvalue weighted by atomic mass is 19.1. The molecule has 0 unspecified atom stereocenters. The fraction of sp³-hybridized carbons (Fsp3) is 0.500. The number of nitrogens with one attached hydrogen (secondary N) is 2. The van der Waals surface area contributed by atoms with Gasteiger partial charge in [-0.25, -0.2) is 9.18 Å². The lowest BCUT2D eigenvalue weighted by Gasteiger charge is -2.40. The van der Waals surface area contributed by atoms with Gasteiger partial charge in [0.25, 0.3) is 0 Å². The van der Waals surface area contributed by atoms with Gasteiger partial charge in [0.15, 0.2) is 6.10 Å². The van der Waals surface area contributed by atoms with Crippen LogP contribution in [0.3, 0.4) is 0 Å². The van der Waals surface area contributed by atoms with E-state index in [9.17, 15) is 9.18 Å². The van der Waals surface area contributed by atoms with Crippen molar-refractivity contribution in [2.75, 3.05) is 25.0 Å². The molecule has 1 aromatic carbocycles. The summed E-state index contributed by atoms with van der Waals surface area (Å²) in [5.74, 6) is 0.191. The van der Waals surface area contributed by atoms with E-state index >= 15 is 0 Å². The van der Waals surface area contributed by atoms with Crippen molar-refractivity contribution >= 4 is 11.8 Å². The maximum absolute atomic E-state index is 12.8. The quantitative estimate of drug-likeness (QED) is 0.839. The molecule has 1 atom stereocenters. The zero-order valence-electron chi connectivity index (χ0n) is 10.7. The highest BCUT2D eigenvalue weighted by Crippen LogP contribution is 2.21. The Labute approximate surface area is 111 Å². The molecule has 3 aliphatic rings. The average molecular weight is 265 g/mol. The summed E-state index contributed by atoms with van der Waals surface area (Å²) in [7, 11) is 0. The van der Waals surface area contributed by atoms with Crippen LogP contribution in [-0.4, -0.2) is 31.8 Å². The van der Waals surface area contributed by atoms with Gasteiger partial charge in [-0.2, -0.15) is 0 Å². The number of rotatable bonds is 2. The van der Waals surface area contributed by atoms with Crippen molar-refractivity contribution in [2.24, 2.45) is 5.92 Å². The number of hydrogen-bond acceptors (Lipinski definition) is 2. The highest BCUT2D eigenvalue weighted by Gasteiger charge is 2.39. The summed E-state index contributed by atoms with van der Waals surface area (Å²) >= 11 is 0. The highest BCUT2D eigenvalue weighted by molar-refractivity contribution is 5.84. The summed E-state index contributed by atoms with van der Waals surface area (Å²) in [5.41, 5.74) is 0.556. The Morgan fingerprint density at radius 1 is 1.26 bits per heavy atom. The second kappa shape index (κ2) is 5.17. The largest absolute Gasteiger partial charge is 0.440 e. The number of hydrogen-bond donors (Lipinski definition) is 2. The van der Waals surface area contributed by atoms with Crippen molar-refractivity contribution in [3.05, 3.63) is 30.1 Å². The molecule has 3 fully saturated rings. The smallest absolute Gasteiger partial charge is 0.412 e. The van der Waals surface area contributed by atoms with Crippen LogP contribution in [0.5, 0.6) is 0 Å². The third-order valence-corrected chi connectivity index (χ3v) is 4.10. The normalized spacial score (nSPS) is 29.0. The van der Waals surface area contributed by atoms with Gasteiger partial charge in [0.2, 0.25) is 0 Å². The molecule has 19 heavy (non-hydrogen) atoms. The Hall–Kier alpha value is -1.62. The fourth-order valence-electron chi connectivity index (χ4n) is 3.03. The first-order valence-electron chi connectivity index (χ1n) is 6.77. The van der Waals surface area contributed by atoms with Gasteiger partial charge in [0, 0.05) is 24.4 Å². The van der Waals surface area contributed by atoms with Crippen molar-refractivity contribution in [1.82, 2.24) is 0 Å². The lowest BCUT2D eigenvalue weighted by atomic mass is 9.86. The minimum Gasteiger partial charge on any atom is -0.440 e. The zero-order valence-corrected chi connectivity index (χ0v) is 10.7. The number of halogens is 1. The monoisotopic (exact) mass is 265 g/mol. The molecular weight excluding hydrogens is 247 g/mol. The van der Waals surface area contributed by atoms with Crippen LogP contribution in [0.1, 0.15) is 12.8 Å². The molecule has 3 aliphatic heterocycles. The first kappa shape index (κ1) is 12.4. The van der Waals surface area contributed by atoms with Gasteiger partial charge in [-0.3, -0.25) is 5.32 Å². The van der Waals surface area contributed by atoms with E-state index < -0.39 is 6.09 Å². The molecule has 3 heterocycles. The molecule has 1 aromatic rings. The topological polar surface area (TPSA) is 42.8 Å². The molecule has 2 N–H and O–H groups in total. The number of ether oxygens (including phenoxy) is 1. The van der Waals surface area contributed by atoms with Crippen LogP contribution in [0.25, 0.3) is 0 Å². The third kappa shape index (κ3) is 2.87. The van der Waals surface area contributed by atoms with Gasteiger partial charge in [-0.1, -0.05) is 0 Å². The second-order valence-electron chi connectivity index (χ2n) is 5.37. The lowest BCUT2D eigenvalue weighted by Crippen LogP contribution is -3.16. The zero-order chi connectivity index (χ0) is 13.2. The predicted molar refractivity (Wildman–Crippen MR) is 68.6 cm³/mol. The molecule has 0 aromatic heterocycles. The van der Waals surface area contributed by atoms with Gasteiger partial charge < -0.3 is 9.64 Å². The summed E-state index contributed by atoms with van der Waals surface area (Å²) in [4.78, 5) is 13.3. The van der Waals surface area contributed by atoms with Gasteiger partial charge in [-0.05, 0) is 24.3 Å². The molecule has 0 aliphatic carbocycles. The van der Waals surface area contributed by atoms with Crippen molar-refractivity contribution in [3.8, 4) is 0 Å². The summed E-state index contributed by atoms with van der Waals surface area (Å²) in [6.45, 7) is 3.32. The van der Waals surface area contributed by atoms with Crippen molar-refractivity contribution < 1.29 is 18.8 Å². The van der Waals surface area contributed by atoms with Gasteiger partial charge in [0.05, 0.1) is 13.1 Å². The van der Waals surface area contributed by atoms with Crippen LogP contribution < -0.4 is 10.2 Å². The molecule has 2 bridgehead atoms. The summed E-state index contributed by atoms with van der Waals surface area (Å²) < 4.78 is 18.2. The molecule has 3 saturated heterocycles. The molecule has 0 spiro atoms. The molecule has 102 valence electrons. The van der Waals surface area contributed by atoms with Crippen molar-refractivity contribution in [3.63, 3.8) is 0 Å². The Bertz CT molecular complexity index is 455. The average Bonchev–Trinajstić information content (AvgIpc) is 2.43. The van der Waals surface area contributed by atoms with E-state index in [1.807, 2.05) is 0 Å². The van der Waals surface area contributed by atoms with E-state index in [-0.39, 0.29) is 11.9 Å². The van der Waals surface area contributed by atoms with Gasteiger partial charge >= 0.3 is 6.09 Å². The molecule has 4 nitrogen and oxygen atoms in total. The van der Waals surface area contributed by atoms with Crippen LogP contribution in [0, 0.1) is 11.7 Å². The van der Waals surface area contributed by atoms with E-state index in [2.05, 4.69) is 5.32 Å². The Morgan fingerprint density at radius 2 is 1.95 bits per heavy atom. The number of carbonyl (C=O) groups is 1. The first-order valence-corrected chi connectivity index (χ1v) is 6.77. The third-order valence-electron chi connectivity index (χ3n) is 4.10. The van der Waals surface area contributed by atoms with Crippen LogP contribution >= 0.6 is 0 Å². The number of benzene rings is 1. The number of piperidine rings is 3. The van der Waals surface area contributed by atoms with E-state index in [0.29, 0.717) is 11.6 Å². The number of quaternary nitrogens is 1. The number of amides is 1. The van der Waals surface area contributed by atoms with Crippen LogP contribution in [0.15, 0.2) is 24.3 Å². The molecular formula is C14H18FN2O2+. The first-order chi connectivity index (χ1) is 9.20. The fourth-order valence-corrected chi connectivity index (χ4v) is 3.03. The lowest BCUT2D eigenvalue weighted by molar-refractivity contribution is -0.920. The van der Waals surface area contributed by atoms with Crippen molar-refractivity contribution in [2.45, 2.75) is 18.9 Å². The molecule has 4 rings (SSSR count). The second-order valence-corrected chi connectivity index (χ2v) is 5.37. The molecule has 0 radical (unpaired) electrons. The number of fused-ring (bicyclic) bond motifs is 3. The van der Waals surface area contributed by atoms with E-state index in [1.54, 1.807) is 0 Å². The Morgan fingerprint density at radius 3 is 2.53 bits per heavy atom. The Kier molecular flexibility index (Phi) is 3.38. The maximum Gasteiger partial charge on any atom is 0.412 e. The van der Waals surface area contributed by atoms with Gasteiger partial charge in [0.1, 0.15) is 12.4 Å². The molecule has 1 amide bonds. The van der Waals surface area contributed by atoms with E-state index in [4.69, 9.17) is 4.74 Å². The molecule has 0 saturated carbocycles. The van der Waals surface area contributed by atoms with Gasteiger partial charge in [-0.15, -0.1) is 0 Å². The number of anilines is 1. The minimum absolute atomic E-state index is 0.0259. The molecule has 5 heteroatoms. The summed E-state index contributed by atoms with van der Waals surface area (Å²) in [6.07, 6.45) is 1.87. The van der Waals surface area contributed by atoms with Crippen LogP contribution in [-0.2, 0) is 4.74 Å². The van der Waals surface area contributed by atoms with E-state index in [1.165, 1.54) is 42.3 Å². The maximum atomic E-state index is 12.8. The summed E-state index contributed by atoms with van der Waals surface area (Å²) in [5, 5.41) is 2.64. The van der Waals surface area contributed by atoms with E-state index in [0.717, 1.165) is 19.4 Å². The van der Waals surface area contributed by atoms with Crippen LogP contribution in [0.4, 0.5) is 14.9 Å². The SMILES string of the molecule is O=C(Nc1ccc(F)cc1)O[C@@H]1C[NH+]2CCC1CC2. The standard InChI is InChI=1S/C14H17FN2O2/c15-11-1-3-12(4-2-11)16-14(18)19-13-9-17-7-5-10(13)6-8-17/h1-4,10,13H,5-9H2,(H,16,18)/p+1/t13-/m1/s1. The van der Waals surface area contributed by atoms with Crippen LogP contribution in [0.2, 0.25) is 0 Å². The van der Waals surface area contributed by atoms with Crippen molar-refractivity contribution in [1.29, 1.82) is 0 Å². The number of carbonyl (C=O) groups excluding carboxylic acids is 1. The predicted octanol–water partition coefficient (Wildman–Crippen LogP) is 1.05. The minimum atomic E-state index is -0.440.